The van der Waals surface area contributed by atoms with Gasteiger partial charge in [0, 0.05) is 12.3 Å². The van der Waals surface area contributed by atoms with Gasteiger partial charge in [0.15, 0.2) is 5.96 Å². The lowest BCUT2D eigenvalue weighted by Crippen LogP contribution is -2.58. The number of aliphatic imine (C=N–C) groups is 1. The molecule has 13 nitrogen and oxygen atoms in total. The summed E-state index contributed by atoms with van der Waals surface area (Å²) in [7, 11) is 0. The Morgan fingerprint density at radius 2 is 1.50 bits per heavy atom. The number of guanidine groups is 1. The third-order valence-electron chi connectivity index (χ3n) is 5.44. The number of carboxylic acid groups (broad SMARTS) is 1. The van der Waals surface area contributed by atoms with Crippen LogP contribution in [0.3, 0.4) is 0 Å². The molecule has 4 atom stereocenters. The predicted molar refractivity (Wildman–Crippen MR) is 146 cm³/mol. The van der Waals surface area contributed by atoms with Crippen molar-refractivity contribution in [2.45, 2.75) is 63.7 Å². The van der Waals surface area contributed by atoms with Crippen LogP contribution in [0.15, 0.2) is 29.3 Å². The Hall–Kier alpha value is -3.52. The number of thiol groups is 1. The second kappa shape index (κ2) is 16.3. The second-order valence-electron chi connectivity index (χ2n) is 9.26. The normalized spacial score (nSPS) is 14.0. The van der Waals surface area contributed by atoms with Crippen molar-refractivity contribution in [2.75, 3.05) is 12.3 Å². The van der Waals surface area contributed by atoms with Gasteiger partial charge in [-0.2, -0.15) is 12.6 Å². The molecule has 0 aliphatic carbocycles. The SMILES string of the molecule is CC(C)CC(NC(=O)C(CS)NC(=O)C(N)Cc1ccc(O)cc1)C(=O)NC(CCCN=C(N)N)C(=O)O. The summed E-state index contributed by atoms with van der Waals surface area (Å²) >= 11 is 4.15. The zero-order valence-electron chi connectivity index (χ0n) is 21.6. The minimum absolute atomic E-state index is 0.0148. The van der Waals surface area contributed by atoms with Crippen molar-refractivity contribution in [3.63, 3.8) is 0 Å². The molecule has 3 amide bonds. The molecule has 0 aromatic heterocycles. The summed E-state index contributed by atoms with van der Waals surface area (Å²) in [6.45, 7) is 3.89. The molecule has 14 heteroatoms. The van der Waals surface area contributed by atoms with Crippen molar-refractivity contribution >= 4 is 42.3 Å². The van der Waals surface area contributed by atoms with Crippen LogP contribution >= 0.6 is 12.6 Å². The fraction of sp³-hybridized carbons (Fsp3) is 0.542. The van der Waals surface area contributed by atoms with E-state index in [1.807, 2.05) is 13.8 Å². The Bertz CT molecular complexity index is 970. The Balaban J connectivity index is 2.82. The van der Waals surface area contributed by atoms with Gasteiger partial charge < -0.3 is 43.4 Å². The average Bonchev–Trinajstić information content (AvgIpc) is 2.84. The molecule has 0 radical (unpaired) electrons. The largest absolute Gasteiger partial charge is 0.508 e. The zero-order chi connectivity index (χ0) is 28.8. The van der Waals surface area contributed by atoms with Crippen molar-refractivity contribution in [3.8, 4) is 5.75 Å². The molecular weight excluding hydrogens is 514 g/mol. The van der Waals surface area contributed by atoms with Crippen LogP contribution in [0, 0.1) is 5.92 Å². The molecular formula is C24H39N7O6S. The highest BCUT2D eigenvalue weighted by Gasteiger charge is 2.30. The summed E-state index contributed by atoms with van der Waals surface area (Å²) in [5.74, 6) is -3.28. The monoisotopic (exact) mass is 553 g/mol. The van der Waals surface area contributed by atoms with Crippen LogP contribution in [0.2, 0.25) is 0 Å². The van der Waals surface area contributed by atoms with E-state index in [1.165, 1.54) is 12.1 Å². The highest BCUT2D eigenvalue weighted by Crippen LogP contribution is 2.11. The van der Waals surface area contributed by atoms with Crippen LogP contribution in [0.1, 0.15) is 38.7 Å². The first-order chi connectivity index (χ1) is 17.8. The molecule has 1 rings (SSSR count). The van der Waals surface area contributed by atoms with Crippen LogP contribution in [-0.2, 0) is 25.6 Å². The topological polar surface area (TPSA) is 235 Å². The van der Waals surface area contributed by atoms with Crippen molar-refractivity contribution in [3.05, 3.63) is 29.8 Å². The molecule has 0 spiro atoms. The highest BCUT2D eigenvalue weighted by atomic mass is 32.1. The number of nitrogens with two attached hydrogens (primary N) is 3. The molecule has 38 heavy (non-hydrogen) atoms. The van der Waals surface area contributed by atoms with E-state index in [1.54, 1.807) is 12.1 Å². The summed E-state index contributed by atoms with van der Waals surface area (Å²) in [6.07, 6.45) is 0.791. The van der Waals surface area contributed by atoms with Gasteiger partial charge in [-0.3, -0.25) is 19.4 Å². The van der Waals surface area contributed by atoms with Gasteiger partial charge in [0.25, 0.3) is 0 Å². The maximum Gasteiger partial charge on any atom is 0.326 e. The zero-order valence-corrected chi connectivity index (χ0v) is 22.5. The van der Waals surface area contributed by atoms with Gasteiger partial charge >= 0.3 is 5.97 Å². The van der Waals surface area contributed by atoms with E-state index in [9.17, 15) is 29.4 Å². The smallest absolute Gasteiger partial charge is 0.326 e. The van der Waals surface area contributed by atoms with E-state index in [0.29, 0.717) is 6.42 Å². The molecule has 0 aliphatic heterocycles. The lowest BCUT2D eigenvalue weighted by Gasteiger charge is -2.25. The number of aliphatic carboxylic acids is 1. The molecule has 212 valence electrons. The number of nitrogens with one attached hydrogen (secondary N) is 3. The van der Waals surface area contributed by atoms with E-state index >= 15 is 0 Å². The van der Waals surface area contributed by atoms with E-state index in [-0.39, 0.29) is 49.2 Å². The van der Waals surface area contributed by atoms with Gasteiger partial charge in [-0.25, -0.2) is 4.79 Å². The molecule has 0 saturated heterocycles. The summed E-state index contributed by atoms with van der Waals surface area (Å²) in [5.41, 5.74) is 17.2. The van der Waals surface area contributed by atoms with Crippen molar-refractivity contribution in [1.82, 2.24) is 16.0 Å². The van der Waals surface area contributed by atoms with Crippen molar-refractivity contribution in [1.29, 1.82) is 0 Å². The Morgan fingerprint density at radius 1 is 0.947 bits per heavy atom. The highest BCUT2D eigenvalue weighted by molar-refractivity contribution is 7.80. The van der Waals surface area contributed by atoms with E-state index in [4.69, 9.17) is 17.2 Å². The number of amides is 3. The minimum atomic E-state index is -1.24. The van der Waals surface area contributed by atoms with Gasteiger partial charge in [-0.15, -0.1) is 0 Å². The molecule has 1 aromatic carbocycles. The van der Waals surface area contributed by atoms with Gasteiger partial charge in [0.05, 0.1) is 6.04 Å². The third kappa shape index (κ3) is 12.1. The molecule has 4 unspecified atom stereocenters. The lowest BCUT2D eigenvalue weighted by atomic mass is 10.0. The van der Waals surface area contributed by atoms with Crippen LogP contribution in [-0.4, -0.2) is 76.3 Å². The van der Waals surface area contributed by atoms with Crippen molar-refractivity contribution < 1.29 is 29.4 Å². The number of hydrogen-bond donors (Lipinski definition) is 9. The number of carbonyl (C=O) groups excluding carboxylic acids is 3. The fourth-order valence-corrected chi connectivity index (χ4v) is 3.72. The van der Waals surface area contributed by atoms with Gasteiger partial charge in [-0.05, 0) is 49.3 Å². The van der Waals surface area contributed by atoms with E-state index in [2.05, 4.69) is 33.6 Å². The second-order valence-corrected chi connectivity index (χ2v) is 9.62. The Labute approximate surface area is 227 Å². The minimum Gasteiger partial charge on any atom is -0.508 e. The maximum atomic E-state index is 12.9. The van der Waals surface area contributed by atoms with Crippen molar-refractivity contribution in [2.24, 2.45) is 28.1 Å². The number of carboxylic acids is 1. The van der Waals surface area contributed by atoms with Gasteiger partial charge in [0.1, 0.15) is 23.9 Å². The summed E-state index contributed by atoms with van der Waals surface area (Å²) in [6, 6.07) is 1.89. The molecule has 0 saturated carbocycles. The number of carbonyl (C=O) groups is 4. The molecule has 0 bridgehead atoms. The van der Waals surface area contributed by atoms with Crippen LogP contribution in [0.25, 0.3) is 0 Å². The number of phenolic OH excluding ortho intramolecular Hbond substituents is 1. The van der Waals surface area contributed by atoms with Crippen LogP contribution in [0.4, 0.5) is 0 Å². The lowest BCUT2D eigenvalue weighted by molar-refractivity contribution is -0.142. The first-order valence-corrected chi connectivity index (χ1v) is 12.8. The van der Waals surface area contributed by atoms with Gasteiger partial charge in [0.2, 0.25) is 17.7 Å². The maximum absolute atomic E-state index is 12.9. The molecule has 11 N–H and O–H groups in total. The Morgan fingerprint density at radius 3 is 2.03 bits per heavy atom. The molecule has 1 aromatic rings. The average molecular weight is 554 g/mol. The predicted octanol–water partition coefficient (Wildman–Crippen LogP) is -1.17. The first-order valence-electron chi connectivity index (χ1n) is 12.2. The first kappa shape index (κ1) is 32.5. The summed E-state index contributed by atoms with van der Waals surface area (Å²) in [4.78, 5) is 53.9. The number of hydrogen-bond acceptors (Lipinski definition) is 8. The molecule has 0 heterocycles. The number of benzene rings is 1. The molecule has 0 aliphatic rings. The standard InChI is InChI=1S/C24H39N7O6S/c1-13(2)10-18(21(34)29-17(23(36)37)4-3-9-28-24(26)27)30-22(35)19(12-38)31-20(33)16(25)11-14-5-7-15(32)8-6-14/h5-8,13,16-19,32,38H,3-4,9-12,25H2,1-2H3,(H,29,34)(H,30,35)(H,31,33)(H,36,37)(H4,26,27,28). The number of aromatic hydroxyl groups is 1. The third-order valence-corrected chi connectivity index (χ3v) is 5.81. The van der Waals surface area contributed by atoms with E-state index < -0.39 is 47.9 Å². The number of phenols is 1. The van der Waals surface area contributed by atoms with Crippen LogP contribution in [0.5, 0.6) is 5.75 Å². The van der Waals surface area contributed by atoms with Gasteiger partial charge in [-0.1, -0.05) is 26.0 Å². The number of rotatable bonds is 16. The van der Waals surface area contributed by atoms with Crippen LogP contribution < -0.4 is 33.2 Å². The summed E-state index contributed by atoms with van der Waals surface area (Å²) < 4.78 is 0. The summed E-state index contributed by atoms with van der Waals surface area (Å²) in [5, 5.41) is 26.5. The Kier molecular flexibility index (Phi) is 14.0. The molecule has 0 fully saturated rings. The fourth-order valence-electron chi connectivity index (χ4n) is 3.46. The number of nitrogens with zero attached hydrogens (tertiary/aromatic N) is 1. The quantitative estimate of drug-likeness (QED) is 0.0518. The van der Waals surface area contributed by atoms with E-state index in [0.717, 1.165) is 5.56 Å².